The van der Waals surface area contributed by atoms with Crippen LogP contribution in [0.25, 0.3) is 11.8 Å². The molecular formula is C30H35LiN2O5. The number of nitrogens with zero attached hydrogens (tertiary/aromatic N) is 1. The van der Waals surface area contributed by atoms with Gasteiger partial charge in [-0.3, -0.25) is 0 Å². The fourth-order valence-electron chi connectivity index (χ4n) is 3.83. The van der Waals surface area contributed by atoms with Crippen molar-refractivity contribution in [1.82, 2.24) is 4.98 Å². The molecule has 0 saturated carbocycles. The second kappa shape index (κ2) is 17.2. The number of aryl methyl sites for hydroxylation is 1. The zero-order chi connectivity index (χ0) is 26.3. The number of carboxylic acid groups (broad SMARTS) is 1. The molecular weight excluding hydrogens is 475 g/mol. The van der Waals surface area contributed by atoms with E-state index in [1.165, 1.54) is 30.9 Å². The third-order valence-electron chi connectivity index (χ3n) is 5.82. The number of methoxy groups -OCH3 is 1. The first-order chi connectivity index (χ1) is 18.0. The van der Waals surface area contributed by atoms with Crippen LogP contribution in [0.3, 0.4) is 0 Å². The maximum atomic E-state index is 11.0. The van der Waals surface area contributed by atoms with E-state index in [1.54, 1.807) is 43.5 Å². The van der Waals surface area contributed by atoms with Crippen molar-refractivity contribution in [3.05, 3.63) is 89.4 Å². The number of carbonyl (C=O) groups is 1. The zero-order valence-electron chi connectivity index (χ0n) is 22.3. The van der Waals surface area contributed by atoms with Gasteiger partial charge in [-0.2, -0.15) is 0 Å². The van der Waals surface area contributed by atoms with Gasteiger partial charge in [0.1, 0.15) is 29.5 Å². The molecule has 2 aromatic carbocycles. The summed E-state index contributed by atoms with van der Waals surface area (Å²) in [4.78, 5) is 15.5. The van der Waals surface area contributed by atoms with Crippen LogP contribution >= 0.6 is 0 Å². The van der Waals surface area contributed by atoms with E-state index in [4.69, 9.17) is 25.1 Å². The van der Waals surface area contributed by atoms with Gasteiger partial charge in [-0.05, 0) is 67.3 Å². The smallest absolute Gasteiger partial charge is 0.699 e. The predicted molar refractivity (Wildman–Crippen MR) is 146 cm³/mol. The Hall–Kier alpha value is -3.40. The molecule has 196 valence electrons. The van der Waals surface area contributed by atoms with E-state index in [-0.39, 0.29) is 25.5 Å². The van der Waals surface area contributed by atoms with Crippen LogP contribution in [0.2, 0.25) is 0 Å². The number of nitrogens with one attached hydrogen (secondary N) is 1. The Morgan fingerprint density at radius 1 is 0.921 bits per heavy atom. The van der Waals surface area contributed by atoms with Gasteiger partial charge in [-0.15, -0.1) is 5.69 Å². The van der Waals surface area contributed by atoms with Gasteiger partial charge in [-0.25, -0.2) is 9.78 Å². The Bertz CT molecular complexity index is 1150. The topological polar surface area (TPSA) is 102 Å². The molecule has 0 aliphatic rings. The van der Waals surface area contributed by atoms with Gasteiger partial charge in [0.2, 0.25) is 0 Å². The quantitative estimate of drug-likeness (QED) is 0.174. The summed E-state index contributed by atoms with van der Waals surface area (Å²) in [6, 6.07) is 18.7. The van der Waals surface area contributed by atoms with E-state index in [0.717, 1.165) is 37.5 Å². The van der Waals surface area contributed by atoms with Crippen LogP contribution in [0.5, 0.6) is 17.2 Å². The number of rotatable bonds is 16. The van der Waals surface area contributed by atoms with Crippen molar-refractivity contribution in [2.75, 3.05) is 13.7 Å². The molecule has 3 rings (SSSR count). The van der Waals surface area contributed by atoms with Gasteiger partial charge in [-0.1, -0.05) is 49.9 Å². The van der Waals surface area contributed by atoms with Gasteiger partial charge in [0.25, 0.3) is 0 Å². The fraction of sp³-hybridized carbons (Fsp3) is 0.333. The molecule has 1 aromatic heterocycles. The SMILES string of the molecule is COc1ccc(CCCCCCCCOc2ccc(COc3cccc([NH-])c3)nc2C=CC(=O)O)cc1.[Li+]. The number of aliphatic carboxylic acids is 1. The number of hydrogen-bond donors (Lipinski definition) is 1. The van der Waals surface area contributed by atoms with Crippen molar-refractivity contribution < 1.29 is 43.0 Å². The number of benzene rings is 2. The first-order valence-electron chi connectivity index (χ1n) is 12.6. The van der Waals surface area contributed by atoms with Crippen molar-refractivity contribution in [2.45, 2.75) is 51.6 Å². The van der Waals surface area contributed by atoms with Gasteiger partial charge in [0.05, 0.1) is 19.4 Å². The van der Waals surface area contributed by atoms with Crippen LogP contribution < -0.4 is 33.1 Å². The third kappa shape index (κ3) is 11.3. The Morgan fingerprint density at radius 3 is 2.37 bits per heavy atom. The molecule has 0 aliphatic heterocycles. The van der Waals surface area contributed by atoms with E-state index in [0.29, 0.717) is 35.2 Å². The average Bonchev–Trinajstić information content (AvgIpc) is 2.90. The summed E-state index contributed by atoms with van der Waals surface area (Å²) in [7, 11) is 1.68. The molecule has 0 spiro atoms. The van der Waals surface area contributed by atoms with Crippen LogP contribution in [0.4, 0.5) is 5.69 Å². The van der Waals surface area contributed by atoms with E-state index in [9.17, 15) is 4.79 Å². The summed E-state index contributed by atoms with van der Waals surface area (Å²) in [5, 5.41) is 9.03. The van der Waals surface area contributed by atoms with Crippen molar-refractivity contribution in [2.24, 2.45) is 0 Å². The molecule has 2 N–H and O–H groups in total. The summed E-state index contributed by atoms with van der Waals surface area (Å²) in [5.41, 5.74) is 10.5. The van der Waals surface area contributed by atoms with Crippen LogP contribution in [0.15, 0.2) is 66.7 Å². The van der Waals surface area contributed by atoms with Gasteiger partial charge in [0.15, 0.2) is 0 Å². The fourth-order valence-corrected chi connectivity index (χ4v) is 3.83. The summed E-state index contributed by atoms with van der Waals surface area (Å²) >= 11 is 0. The molecule has 8 heteroatoms. The first kappa shape index (κ1) is 30.8. The van der Waals surface area contributed by atoms with E-state index < -0.39 is 5.97 Å². The number of aromatic nitrogens is 1. The molecule has 0 bridgehead atoms. The molecule has 38 heavy (non-hydrogen) atoms. The average molecular weight is 511 g/mol. The number of unbranched alkanes of at least 4 members (excludes halogenated alkanes) is 5. The van der Waals surface area contributed by atoms with Crippen molar-refractivity contribution in [3.8, 4) is 17.2 Å². The van der Waals surface area contributed by atoms with Gasteiger partial charge >= 0.3 is 24.8 Å². The number of pyridine rings is 1. The molecule has 0 fully saturated rings. The zero-order valence-corrected chi connectivity index (χ0v) is 22.3. The van der Waals surface area contributed by atoms with E-state index in [2.05, 4.69) is 17.1 Å². The van der Waals surface area contributed by atoms with Gasteiger partial charge in [0, 0.05) is 6.08 Å². The van der Waals surface area contributed by atoms with Crippen LogP contribution in [0, 0.1) is 0 Å². The van der Waals surface area contributed by atoms with Crippen molar-refractivity contribution >= 4 is 17.7 Å². The third-order valence-corrected chi connectivity index (χ3v) is 5.82. The number of ether oxygens (including phenoxy) is 3. The standard InChI is InChI=1S/C30H35N2O5.Li/c1-35-26-15-12-23(13-16-26)9-6-4-2-3-5-7-20-36-29-18-14-25(32-28(29)17-19-30(33)34)22-37-27-11-8-10-24(31)21-27;/h8,10-19,21,31H,2-7,9,20,22H2,1H3,(H,33,34);/q-1;+1. The van der Waals surface area contributed by atoms with Crippen molar-refractivity contribution in [3.63, 3.8) is 0 Å². The second-order valence-corrected chi connectivity index (χ2v) is 8.74. The Balaban J connectivity index is 0.00000507. The molecule has 0 atom stereocenters. The monoisotopic (exact) mass is 510 g/mol. The minimum Gasteiger partial charge on any atom is -0.699 e. The van der Waals surface area contributed by atoms with Crippen molar-refractivity contribution in [1.29, 1.82) is 0 Å². The molecule has 1 heterocycles. The predicted octanol–water partition coefficient (Wildman–Crippen LogP) is 4.42. The Kier molecular flexibility index (Phi) is 13.9. The minimum atomic E-state index is -1.05. The molecule has 0 saturated heterocycles. The summed E-state index contributed by atoms with van der Waals surface area (Å²) in [5.74, 6) is 0.976. The maximum Gasteiger partial charge on any atom is 1.00 e. The number of carboxylic acids is 1. The van der Waals surface area contributed by atoms with Crippen LogP contribution in [-0.2, 0) is 17.8 Å². The van der Waals surface area contributed by atoms with Crippen LogP contribution in [-0.4, -0.2) is 29.8 Å². The molecule has 0 aliphatic carbocycles. The van der Waals surface area contributed by atoms with E-state index in [1.807, 2.05) is 12.1 Å². The van der Waals surface area contributed by atoms with Gasteiger partial charge < -0.3 is 25.1 Å². The first-order valence-corrected chi connectivity index (χ1v) is 12.6. The Labute approximate surface area is 237 Å². The normalized spacial score (nSPS) is 10.7. The summed E-state index contributed by atoms with van der Waals surface area (Å²) in [6.07, 6.45) is 10.3. The maximum absolute atomic E-state index is 11.0. The largest absolute Gasteiger partial charge is 1.00 e. The molecule has 0 amide bonds. The summed E-state index contributed by atoms with van der Waals surface area (Å²) in [6.45, 7) is 0.754. The van der Waals surface area contributed by atoms with E-state index >= 15 is 0 Å². The molecule has 0 radical (unpaired) electrons. The molecule has 0 unspecified atom stereocenters. The minimum absolute atomic E-state index is 0. The Morgan fingerprint density at radius 2 is 1.66 bits per heavy atom. The van der Waals surface area contributed by atoms with Crippen LogP contribution in [0.1, 0.15) is 55.5 Å². The summed E-state index contributed by atoms with van der Waals surface area (Å²) < 4.78 is 16.8. The number of hydrogen-bond acceptors (Lipinski definition) is 5. The molecule has 7 nitrogen and oxygen atoms in total. The molecule has 3 aromatic rings. The second-order valence-electron chi connectivity index (χ2n) is 8.74.